The van der Waals surface area contributed by atoms with Gasteiger partial charge in [-0.15, -0.1) is 0 Å². The van der Waals surface area contributed by atoms with Gasteiger partial charge in [0.25, 0.3) is 0 Å². The summed E-state index contributed by atoms with van der Waals surface area (Å²) in [5.41, 5.74) is 1.08. The maximum atomic E-state index is 12.1. The summed E-state index contributed by atoms with van der Waals surface area (Å²) in [6, 6.07) is 9.66. The van der Waals surface area contributed by atoms with Gasteiger partial charge in [0.15, 0.2) is 0 Å². The Morgan fingerprint density at radius 2 is 2.00 bits per heavy atom. The summed E-state index contributed by atoms with van der Waals surface area (Å²) in [7, 11) is 1.76. The third-order valence-electron chi connectivity index (χ3n) is 3.80. The lowest BCUT2D eigenvalue weighted by atomic mass is 9.92. The molecule has 2 N–H and O–H groups in total. The van der Waals surface area contributed by atoms with E-state index in [0.29, 0.717) is 6.54 Å². The number of aliphatic hydroxyl groups is 1. The summed E-state index contributed by atoms with van der Waals surface area (Å²) >= 11 is 0. The lowest BCUT2D eigenvalue weighted by Crippen LogP contribution is -2.49. The molecule has 1 aliphatic rings. The summed E-state index contributed by atoms with van der Waals surface area (Å²) in [6.07, 6.45) is 3.42. The van der Waals surface area contributed by atoms with E-state index in [1.807, 2.05) is 30.3 Å². The Bertz CT molecular complexity index is 408. The van der Waals surface area contributed by atoms with E-state index in [4.69, 9.17) is 0 Å². The number of urea groups is 1. The SMILES string of the molecule is CN(C(=O)NCc1ccccc1)C1CCCCC1O. The number of carbonyl (C=O) groups is 1. The molecule has 1 fully saturated rings. The van der Waals surface area contributed by atoms with Crippen LogP contribution in [0.4, 0.5) is 4.79 Å². The van der Waals surface area contributed by atoms with E-state index >= 15 is 0 Å². The Hall–Kier alpha value is -1.55. The minimum Gasteiger partial charge on any atom is -0.391 e. The molecule has 4 nitrogen and oxygen atoms in total. The van der Waals surface area contributed by atoms with Crippen LogP contribution < -0.4 is 5.32 Å². The van der Waals surface area contributed by atoms with Crippen molar-refractivity contribution in [3.8, 4) is 0 Å². The average Bonchev–Trinajstić information content (AvgIpc) is 2.45. The highest BCUT2D eigenvalue weighted by Gasteiger charge is 2.29. The number of rotatable bonds is 3. The summed E-state index contributed by atoms with van der Waals surface area (Å²) in [5.74, 6) is 0. The second-order valence-electron chi connectivity index (χ2n) is 5.17. The molecule has 2 rings (SSSR count). The van der Waals surface area contributed by atoms with Gasteiger partial charge in [-0.25, -0.2) is 4.79 Å². The third-order valence-corrected chi connectivity index (χ3v) is 3.80. The molecule has 0 saturated heterocycles. The topological polar surface area (TPSA) is 52.6 Å². The maximum absolute atomic E-state index is 12.1. The van der Waals surface area contributed by atoms with E-state index in [2.05, 4.69) is 5.32 Å². The second-order valence-corrected chi connectivity index (χ2v) is 5.17. The van der Waals surface area contributed by atoms with Crippen LogP contribution in [-0.2, 0) is 6.54 Å². The predicted octanol–water partition coefficient (Wildman–Crippen LogP) is 2.13. The van der Waals surface area contributed by atoms with Crippen molar-refractivity contribution in [2.45, 2.75) is 44.4 Å². The van der Waals surface area contributed by atoms with Crippen molar-refractivity contribution in [3.63, 3.8) is 0 Å². The number of carbonyl (C=O) groups excluding carboxylic acids is 1. The van der Waals surface area contributed by atoms with Crippen molar-refractivity contribution in [1.82, 2.24) is 10.2 Å². The number of hydrogen-bond acceptors (Lipinski definition) is 2. The van der Waals surface area contributed by atoms with Gasteiger partial charge in [-0.05, 0) is 18.4 Å². The molecule has 19 heavy (non-hydrogen) atoms. The van der Waals surface area contributed by atoms with E-state index in [1.54, 1.807) is 11.9 Å². The number of likely N-dealkylation sites (N-methyl/N-ethyl adjacent to an activating group) is 1. The molecule has 4 heteroatoms. The van der Waals surface area contributed by atoms with Crippen molar-refractivity contribution in [2.24, 2.45) is 0 Å². The number of nitrogens with one attached hydrogen (secondary N) is 1. The van der Waals surface area contributed by atoms with Crippen LogP contribution in [0.1, 0.15) is 31.2 Å². The Morgan fingerprint density at radius 3 is 2.68 bits per heavy atom. The lowest BCUT2D eigenvalue weighted by molar-refractivity contribution is 0.0464. The fourth-order valence-electron chi connectivity index (χ4n) is 2.59. The fraction of sp³-hybridized carbons (Fsp3) is 0.533. The lowest BCUT2D eigenvalue weighted by Gasteiger charge is -2.35. The van der Waals surface area contributed by atoms with Gasteiger partial charge < -0.3 is 15.3 Å². The monoisotopic (exact) mass is 262 g/mol. The first-order valence-electron chi connectivity index (χ1n) is 6.91. The molecule has 2 unspecified atom stereocenters. The molecule has 104 valence electrons. The van der Waals surface area contributed by atoms with E-state index < -0.39 is 0 Å². The third kappa shape index (κ3) is 3.70. The van der Waals surface area contributed by atoms with Crippen LogP contribution in [0.2, 0.25) is 0 Å². The van der Waals surface area contributed by atoms with Crippen molar-refractivity contribution in [1.29, 1.82) is 0 Å². The smallest absolute Gasteiger partial charge is 0.317 e. The molecule has 1 aromatic carbocycles. The van der Waals surface area contributed by atoms with Gasteiger partial charge in [0.1, 0.15) is 0 Å². The van der Waals surface area contributed by atoms with Crippen LogP contribution in [0.3, 0.4) is 0 Å². The molecule has 0 bridgehead atoms. The highest BCUT2D eigenvalue weighted by molar-refractivity contribution is 5.74. The van der Waals surface area contributed by atoms with Gasteiger partial charge in [-0.1, -0.05) is 43.2 Å². The van der Waals surface area contributed by atoms with Gasteiger partial charge in [0.05, 0.1) is 12.1 Å². The molecule has 0 aromatic heterocycles. The van der Waals surface area contributed by atoms with E-state index in [1.165, 1.54) is 0 Å². The largest absolute Gasteiger partial charge is 0.391 e. The Labute approximate surface area is 114 Å². The molecule has 2 amide bonds. The summed E-state index contributed by atoms with van der Waals surface area (Å²) < 4.78 is 0. The number of nitrogens with zero attached hydrogens (tertiary/aromatic N) is 1. The van der Waals surface area contributed by atoms with E-state index in [9.17, 15) is 9.90 Å². The second kappa shape index (κ2) is 6.57. The van der Waals surface area contributed by atoms with Gasteiger partial charge in [0, 0.05) is 13.6 Å². The fourth-order valence-corrected chi connectivity index (χ4v) is 2.59. The summed E-state index contributed by atoms with van der Waals surface area (Å²) in [4.78, 5) is 13.7. The molecule has 1 aromatic rings. The average molecular weight is 262 g/mol. The van der Waals surface area contributed by atoms with Crippen LogP contribution in [0, 0.1) is 0 Å². The predicted molar refractivity (Wildman–Crippen MR) is 74.7 cm³/mol. The first kappa shape index (κ1) is 13.9. The summed E-state index contributed by atoms with van der Waals surface area (Å²) in [5, 5.41) is 12.8. The highest BCUT2D eigenvalue weighted by Crippen LogP contribution is 2.22. The molecule has 0 spiro atoms. The van der Waals surface area contributed by atoms with Crippen molar-refractivity contribution < 1.29 is 9.90 Å². The molecular formula is C15H22N2O2. The van der Waals surface area contributed by atoms with E-state index in [0.717, 1.165) is 31.2 Å². The molecule has 0 heterocycles. The molecule has 0 radical (unpaired) electrons. The van der Waals surface area contributed by atoms with Crippen LogP contribution in [0.15, 0.2) is 30.3 Å². The van der Waals surface area contributed by atoms with E-state index in [-0.39, 0.29) is 18.2 Å². The zero-order valence-corrected chi connectivity index (χ0v) is 11.4. The quantitative estimate of drug-likeness (QED) is 0.876. The van der Waals surface area contributed by atoms with Gasteiger partial charge >= 0.3 is 6.03 Å². The van der Waals surface area contributed by atoms with Gasteiger partial charge in [-0.3, -0.25) is 0 Å². The molecule has 1 saturated carbocycles. The maximum Gasteiger partial charge on any atom is 0.317 e. The minimum atomic E-state index is -0.388. The molecular weight excluding hydrogens is 240 g/mol. The zero-order chi connectivity index (χ0) is 13.7. The number of benzene rings is 1. The first-order valence-corrected chi connectivity index (χ1v) is 6.91. The standard InChI is InChI=1S/C15H22N2O2/c1-17(13-9-5-6-10-14(13)18)15(19)16-11-12-7-3-2-4-8-12/h2-4,7-8,13-14,18H,5-6,9-11H2,1H3,(H,16,19). The number of amides is 2. The van der Waals surface area contributed by atoms with Crippen molar-refractivity contribution >= 4 is 6.03 Å². The van der Waals surface area contributed by atoms with Crippen LogP contribution >= 0.6 is 0 Å². The van der Waals surface area contributed by atoms with Crippen LogP contribution in [0.25, 0.3) is 0 Å². The highest BCUT2D eigenvalue weighted by atomic mass is 16.3. The number of hydrogen-bond donors (Lipinski definition) is 2. The Balaban J connectivity index is 1.85. The molecule has 2 atom stereocenters. The van der Waals surface area contributed by atoms with Gasteiger partial charge in [0.2, 0.25) is 0 Å². The van der Waals surface area contributed by atoms with Crippen molar-refractivity contribution in [2.75, 3.05) is 7.05 Å². The first-order chi connectivity index (χ1) is 9.18. The zero-order valence-electron chi connectivity index (χ0n) is 11.4. The molecule has 0 aliphatic heterocycles. The van der Waals surface area contributed by atoms with Gasteiger partial charge in [-0.2, -0.15) is 0 Å². The summed E-state index contributed by atoms with van der Waals surface area (Å²) in [6.45, 7) is 0.521. The van der Waals surface area contributed by atoms with Crippen LogP contribution in [-0.4, -0.2) is 35.2 Å². The van der Waals surface area contributed by atoms with Crippen LogP contribution in [0.5, 0.6) is 0 Å². The normalized spacial score (nSPS) is 22.8. The van der Waals surface area contributed by atoms with Crippen molar-refractivity contribution in [3.05, 3.63) is 35.9 Å². The Kier molecular flexibility index (Phi) is 4.80. The Morgan fingerprint density at radius 1 is 1.32 bits per heavy atom. The molecule has 1 aliphatic carbocycles. The number of aliphatic hydroxyl groups excluding tert-OH is 1. The minimum absolute atomic E-state index is 0.0514.